The molecule has 0 unspecified atom stereocenters. The Bertz CT molecular complexity index is 575. The highest BCUT2D eigenvalue weighted by Crippen LogP contribution is 2.28. The van der Waals surface area contributed by atoms with Gasteiger partial charge in [-0.3, -0.25) is 0 Å². The molecule has 0 bridgehead atoms. The molecule has 0 aliphatic rings. The van der Waals surface area contributed by atoms with Crippen LogP contribution >= 0.6 is 0 Å². The lowest BCUT2D eigenvalue weighted by atomic mass is 9.86. The number of nitrogens with two attached hydrogens (primary N) is 1. The van der Waals surface area contributed by atoms with Crippen molar-refractivity contribution in [2.24, 2.45) is 5.92 Å². The van der Waals surface area contributed by atoms with E-state index in [9.17, 15) is 0 Å². The van der Waals surface area contributed by atoms with Crippen molar-refractivity contribution < 1.29 is 10.1 Å². The van der Waals surface area contributed by atoms with Crippen LogP contribution in [0.3, 0.4) is 0 Å². The summed E-state index contributed by atoms with van der Waals surface area (Å²) in [6.45, 7) is 11.0. The van der Waals surface area contributed by atoms with Gasteiger partial charge in [-0.1, -0.05) is 56.3 Å². The third kappa shape index (κ3) is 6.01. The van der Waals surface area contributed by atoms with Crippen LogP contribution in [0.5, 0.6) is 5.75 Å². The van der Waals surface area contributed by atoms with Crippen molar-refractivity contribution in [3.05, 3.63) is 65.7 Å². The molecule has 2 nitrogen and oxygen atoms in total. The molecule has 2 aromatic rings. The van der Waals surface area contributed by atoms with Crippen molar-refractivity contribution >= 4 is 0 Å². The predicted molar refractivity (Wildman–Crippen MR) is 101 cm³/mol. The molecule has 0 saturated carbocycles. The van der Waals surface area contributed by atoms with E-state index in [1.54, 1.807) is 0 Å². The Morgan fingerprint density at radius 1 is 0.875 bits per heavy atom. The maximum atomic E-state index is 5.75. The summed E-state index contributed by atoms with van der Waals surface area (Å²) in [6.07, 6.45) is 1.43. The number of rotatable bonds is 9. The van der Waals surface area contributed by atoms with E-state index in [1.807, 2.05) is 0 Å². The fourth-order valence-corrected chi connectivity index (χ4v) is 3.13. The molecule has 1 atom stereocenters. The molecule has 0 fully saturated rings. The Kier molecular flexibility index (Phi) is 7.33. The first kappa shape index (κ1) is 18.5. The van der Waals surface area contributed by atoms with E-state index in [0.717, 1.165) is 18.8 Å². The van der Waals surface area contributed by atoms with Crippen molar-refractivity contribution in [3.63, 3.8) is 0 Å². The molecule has 0 heterocycles. The zero-order valence-electron chi connectivity index (χ0n) is 15.5. The number of hydrogen-bond donors (Lipinski definition) is 1. The van der Waals surface area contributed by atoms with Crippen LogP contribution < -0.4 is 10.1 Å². The third-order valence-electron chi connectivity index (χ3n) is 4.39. The second kappa shape index (κ2) is 9.48. The fraction of sp³-hybridized carbons (Fsp3) is 0.455. The lowest BCUT2D eigenvalue weighted by molar-refractivity contribution is -0.671. The Hall–Kier alpha value is -1.80. The molecule has 2 N–H and O–H groups in total. The van der Waals surface area contributed by atoms with Gasteiger partial charge in [-0.15, -0.1) is 0 Å². The Balaban J connectivity index is 1.87. The maximum absolute atomic E-state index is 5.75. The zero-order chi connectivity index (χ0) is 17.4. The van der Waals surface area contributed by atoms with Gasteiger partial charge in [0.1, 0.15) is 12.3 Å². The summed E-state index contributed by atoms with van der Waals surface area (Å²) in [4.78, 5) is 0. The molecule has 0 spiro atoms. The van der Waals surface area contributed by atoms with Gasteiger partial charge in [0, 0.05) is 12.0 Å². The number of benzene rings is 2. The van der Waals surface area contributed by atoms with E-state index in [4.69, 9.17) is 4.74 Å². The number of hydrogen-bond acceptors (Lipinski definition) is 1. The predicted octanol–water partition coefficient (Wildman–Crippen LogP) is 4.37. The minimum absolute atomic E-state index is 0.226. The van der Waals surface area contributed by atoms with Crippen molar-refractivity contribution in [1.29, 1.82) is 0 Å². The Morgan fingerprint density at radius 3 is 2.12 bits per heavy atom. The first-order valence-corrected chi connectivity index (χ1v) is 9.18. The second-order valence-electron chi connectivity index (χ2n) is 7.14. The molecular weight excluding hydrogens is 294 g/mol. The van der Waals surface area contributed by atoms with Gasteiger partial charge in [-0.2, -0.15) is 0 Å². The molecule has 2 heteroatoms. The van der Waals surface area contributed by atoms with Crippen LogP contribution in [0.1, 0.15) is 51.2 Å². The minimum atomic E-state index is 0.226. The smallest absolute Gasteiger partial charge is 0.119 e. The van der Waals surface area contributed by atoms with E-state index in [0.29, 0.717) is 11.8 Å². The molecule has 0 aliphatic carbocycles. The lowest BCUT2D eigenvalue weighted by Crippen LogP contribution is -2.82. The van der Waals surface area contributed by atoms with Gasteiger partial charge < -0.3 is 10.1 Å². The number of quaternary nitrogens is 1. The molecule has 0 radical (unpaired) electrons. The van der Waals surface area contributed by atoms with E-state index in [1.165, 1.54) is 17.5 Å². The normalized spacial score (nSPS) is 12.6. The average Bonchev–Trinajstić information content (AvgIpc) is 2.56. The van der Waals surface area contributed by atoms with Gasteiger partial charge >= 0.3 is 0 Å². The van der Waals surface area contributed by atoms with Crippen LogP contribution in [0.15, 0.2) is 54.6 Å². The van der Waals surface area contributed by atoms with Crippen LogP contribution in [0.4, 0.5) is 0 Å². The molecule has 0 aromatic heterocycles. The zero-order valence-corrected chi connectivity index (χ0v) is 15.5. The van der Waals surface area contributed by atoms with Gasteiger partial charge in [-0.05, 0) is 43.4 Å². The topological polar surface area (TPSA) is 25.8 Å². The van der Waals surface area contributed by atoms with E-state index in [-0.39, 0.29) is 6.10 Å². The molecule has 2 aromatic carbocycles. The summed E-state index contributed by atoms with van der Waals surface area (Å²) in [7, 11) is 0. The standard InChI is InChI=1S/C22H31NO/c1-17(2)22(14-15-23-16-19-8-6-5-7-9-19)20-10-12-21(13-11-20)24-18(3)4/h5-13,17-18,22-23H,14-16H2,1-4H3/p+1/t22-/m0/s1. The first-order chi connectivity index (χ1) is 11.6. The van der Waals surface area contributed by atoms with Gasteiger partial charge in [0.15, 0.2) is 0 Å². The van der Waals surface area contributed by atoms with Gasteiger partial charge in [0.25, 0.3) is 0 Å². The fourth-order valence-electron chi connectivity index (χ4n) is 3.13. The lowest BCUT2D eigenvalue weighted by Gasteiger charge is -2.21. The maximum Gasteiger partial charge on any atom is 0.119 e. The Labute approximate surface area is 147 Å². The summed E-state index contributed by atoms with van der Waals surface area (Å²) in [5, 5.41) is 2.42. The molecule has 0 amide bonds. The molecule has 0 saturated heterocycles. The van der Waals surface area contributed by atoms with Crippen LogP contribution in [-0.4, -0.2) is 12.6 Å². The van der Waals surface area contributed by atoms with E-state index in [2.05, 4.69) is 87.6 Å². The van der Waals surface area contributed by atoms with Crippen molar-refractivity contribution in [2.45, 2.75) is 52.7 Å². The van der Waals surface area contributed by atoms with Crippen LogP contribution in [0.25, 0.3) is 0 Å². The minimum Gasteiger partial charge on any atom is -0.491 e. The second-order valence-corrected chi connectivity index (χ2v) is 7.14. The highest BCUT2D eigenvalue weighted by molar-refractivity contribution is 5.30. The summed E-state index contributed by atoms with van der Waals surface area (Å²) < 4.78 is 5.75. The van der Waals surface area contributed by atoms with Gasteiger partial charge in [-0.25, -0.2) is 0 Å². The molecule has 2 rings (SSSR count). The first-order valence-electron chi connectivity index (χ1n) is 9.18. The van der Waals surface area contributed by atoms with Crippen LogP contribution in [0.2, 0.25) is 0 Å². The van der Waals surface area contributed by atoms with Gasteiger partial charge in [0.2, 0.25) is 0 Å². The average molecular weight is 327 g/mol. The monoisotopic (exact) mass is 326 g/mol. The van der Waals surface area contributed by atoms with Gasteiger partial charge in [0.05, 0.1) is 12.6 Å². The summed E-state index contributed by atoms with van der Waals surface area (Å²) in [5.74, 6) is 2.21. The SMILES string of the molecule is CC(C)Oc1ccc([C@@H](CC[NH2+]Cc2ccccc2)C(C)C)cc1. The Morgan fingerprint density at radius 2 is 1.54 bits per heavy atom. The highest BCUT2D eigenvalue weighted by atomic mass is 16.5. The molecule has 130 valence electrons. The summed E-state index contributed by atoms with van der Waals surface area (Å²) in [6, 6.07) is 19.4. The third-order valence-corrected chi connectivity index (χ3v) is 4.39. The van der Waals surface area contributed by atoms with Crippen LogP contribution in [-0.2, 0) is 6.54 Å². The number of ether oxygens (including phenoxy) is 1. The quantitative estimate of drug-likeness (QED) is 0.680. The van der Waals surface area contributed by atoms with E-state index < -0.39 is 0 Å². The summed E-state index contributed by atoms with van der Waals surface area (Å²) >= 11 is 0. The molecule has 24 heavy (non-hydrogen) atoms. The largest absolute Gasteiger partial charge is 0.491 e. The van der Waals surface area contributed by atoms with E-state index >= 15 is 0 Å². The van der Waals surface area contributed by atoms with Crippen molar-refractivity contribution in [3.8, 4) is 5.75 Å². The highest BCUT2D eigenvalue weighted by Gasteiger charge is 2.16. The molecule has 0 aliphatic heterocycles. The van der Waals surface area contributed by atoms with Crippen molar-refractivity contribution in [1.82, 2.24) is 0 Å². The van der Waals surface area contributed by atoms with Crippen LogP contribution in [0, 0.1) is 5.92 Å². The van der Waals surface area contributed by atoms with Crippen molar-refractivity contribution in [2.75, 3.05) is 6.54 Å². The summed E-state index contributed by atoms with van der Waals surface area (Å²) in [5.41, 5.74) is 2.82. The molecular formula is C22H32NO+.